The van der Waals surface area contributed by atoms with Crippen LogP contribution in [0.15, 0.2) is 224 Å². The summed E-state index contributed by atoms with van der Waals surface area (Å²) in [6, 6.07) is 81.6. The molecule has 0 aliphatic rings. The fraction of sp³-hybridized carbons (Fsp3) is 0. The molecule has 0 aliphatic carbocycles. The fourth-order valence-electron chi connectivity index (χ4n) is 8.02. The van der Waals surface area contributed by atoms with Crippen LogP contribution in [-0.2, 0) is 0 Å². The van der Waals surface area contributed by atoms with Crippen molar-refractivity contribution in [3.05, 3.63) is 224 Å². The van der Waals surface area contributed by atoms with Gasteiger partial charge in [-0.25, -0.2) is 0 Å². The topological polar surface area (TPSA) is 3.24 Å². The Labute approximate surface area is 322 Å². The summed E-state index contributed by atoms with van der Waals surface area (Å²) in [6.45, 7) is 0. The summed E-state index contributed by atoms with van der Waals surface area (Å²) in [7, 11) is 0. The van der Waals surface area contributed by atoms with E-state index >= 15 is 0 Å². The first-order valence-corrected chi connectivity index (χ1v) is 18.9. The van der Waals surface area contributed by atoms with Crippen LogP contribution < -0.4 is 4.90 Å². The summed E-state index contributed by atoms with van der Waals surface area (Å²) >= 11 is 0. The van der Waals surface area contributed by atoms with Gasteiger partial charge in [0, 0.05) is 16.9 Å². The number of fused-ring (bicyclic) bond motifs is 3. The Hall–Kier alpha value is -7.22. The molecule has 55 heavy (non-hydrogen) atoms. The highest BCUT2D eigenvalue weighted by Crippen LogP contribution is 2.45. The molecule has 0 N–H and O–H groups in total. The van der Waals surface area contributed by atoms with E-state index in [1.165, 1.54) is 76.8 Å². The molecule has 0 saturated heterocycles. The van der Waals surface area contributed by atoms with Gasteiger partial charge in [-0.05, 0) is 114 Å². The second kappa shape index (κ2) is 14.0. The maximum absolute atomic E-state index is 2.44. The molecular formula is C54H37N. The lowest BCUT2D eigenvalue weighted by Crippen LogP contribution is -2.11. The van der Waals surface area contributed by atoms with Crippen molar-refractivity contribution in [1.82, 2.24) is 0 Å². The van der Waals surface area contributed by atoms with E-state index in [1.54, 1.807) is 0 Å². The van der Waals surface area contributed by atoms with E-state index in [1.807, 2.05) is 0 Å². The second-order valence-corrected chi connectivity index (χ2v) is 14.2. The maximum Gasteiger partial charge on any atom is 0.0546 e. The minimum Gasteiger partial charge on any atom is -0.310 e. The minimum absolute atomic E-state index is 1.09. The van der Waals surface area contributed by atoms with Crippen molar-refractivity contribution in [2.45, 2.75) is 0 Å². The molecule has 10 aromatic rings. The third-order valence-electron chi connectivity index (χ3n) is 10.8. The summed E-state index contributed by atoms with van der Waals surface area (Å²) in [5.74, 6) is 0. The number of hydrogen-bond acceptors (Lipinski definition) is 1. The van der Waals surface area contributed by atoms with E-state index in [-0.39, 0.29) is 0 Å². The molecule has 0 spiro atoms. The van der Waals surface area contributed by atoms with Gasteiger partial charge in [0.25, 0.3) is 0 Å². The molecule has 10 aromatic carbocycles. The first-order valence-electron chi connectivity index (χ1n) is 18.9. The first kappa shape index (κ1) is 32.4. The van der Waals surface area contributed by atoms with Crippen LogP contribution in [0.1, 0.15) is 0 Å². The number of hydrogen-bond donors (Lipinski definition) is 0. The van der Waals surface area contributed by atoms with Crippen LogP contribution >= 0.6 is 0 Å². The van der Waals surface area contributed by atoms with Gasteiger partial charge in [0.1, 0.15) is 0 Å². The minimum atomic E-state index is 1.09. The van der Waals surface area contributed by atoms with E-state index in [0.717, 1.165) is 17.1 Å². The summed E-state index contributed by atoms with van der Waals surface area (Å²) in [5.41, 5.74) is 12.8. The molecule has 1 heteroatoms. The zero-order valence-electron chi connectivity index (χ0n) is 30.3. The molecule has 0 atom stereocenters. The number of benzene rings is 10. The molecule has 1 nitrogen and oxygen atoms in total. The zero-order chi connectivity index (χ0) is 36.6. The van der Waals surface area contributed by atoms with Gasteiger partial charge >= 0.3 is 0 Å². The van der Waals surface area contributed by atoms with Crippen molar-refractivity contribution >= 4 is 49.4 Å². The van der Waals surface area contributed by atoms with E-state index in [9.17, 15) is 0 Å². The SMILES string of the molecule is c1ccc(-c2ccc(-c3ccc4ccccc4c3)cc2N(c2ccc(-c3ccc4ccccc4c3)cc2)c2cccc(-c3cccc4ccccc34)c2)cc1. The van der Waals surface area contributed by atoms with E-state index in [2.05, 4.69) is 229 Å². The number of anilines is 3. The molecule has 0 unspecified atom stereocenters. The van der Waals surface area contributed by atoms with Crippen LogP contribution in [0.4, 0.5) is 17.1 Å². The summed E-state index contributed by atoms with van der Waals surface area (Å²) < 4.78 is 0. The van der Waals surface area contributed by atoms with Crippen molar-refractivity contribution in [2.75, 3.05) is 4.90 Å². The summed E-state index contributed by atoms with van der Waals surface area (Å²) in [4.78, 5) is 2.44. The largest absolute Gasteiger partial charge is 0.310 e. The standard InChI is InChI=1S/C54H37N/c1-2-14-42(15-3-1)53-33-30-47(46-27-25-39-13-5-7-18-44(39)35-46)37-54(53)55(49-31-28-40(29-32-49)45-26-24-38-12-4-6-17-43(38)34-45)50-21-10-20-48(36-50)52-23-11-19-41-16-8-9-22-51(41)52/h1-37H. The Balaban J connectivity index is 1.18. The molecule has 10 rings (SSSR count). The van der Waals surface area contributed by atoms with Crippen molar-refractivity contribution in [3.63, 3.8) is 0 Å². The van der Waals surface area contributed by atoms with Gasteiger partial charge in [0.2, 0.25) is 0 Å². The molecule has 0 aliphatic heterocycles. The molecule has 0 saturated carbocycles. The van der Waals surface area contributed by atoms with Crippen LogP contribution in [0, 0.1) is 0 Å². The van der Waals surface area contributed by atoms with Crippen LogP contribution in [0.5, 0.6) is 0 Å². The van der Waals surface area contributed by atoms with Gasteiger partial charge in [-0.15, -0.1) is 0 Å². The van der Waals surface area contributed by atoms with Gasteiger partial charge < -0.3 is 4.90 Å². The van der Waals surface area contributed by atoms with E-state index in [4.69, 9.17) is 0 Å². The summed E-state index contributed by atoms with van der Waals surface area (Å²) in [6.07, 6.45) is 0. The molecular weight excluding hydrogens is 663 g/mol. The monoisotopic (exact) mass is 699 g/mol. The highest BCUT2D eigenvalue weighted by atomic mass is 15.1. The van der Waals surface area contributed by atoms with Gasteiger partial charge in [-0.1, -0.05) is 182 Å². The quantitative estimate of drug-likeness (QED) is 0.160. The molecule has 0 bridgehead atoms. The third-order valence-corrected chi connectivity index (χ3v) is 10.8. The van der Waals surface area contributed by atoms with E-state index in [0.29, 0.717) is 0 Å². The number of rotatable bonds is 7. The highest BCUT2D eigenvalue weighted by Gasteiger charge is 2.20. The average molecular weight is 700 g/mol. The Morgan fingerprint density at radius 2 is 0.764 bits per heavy atom. The molecule has 0 radical (unpaired) electrons. The molecule has 0 amide bonds. The van der Waals surface area contributed by atoms with Crippen molar-refractivity contribution in [2.24, 2.45) is 0 Å². The number of nitrogens with zero attached hydrogens (tertiary/aromatic N) is 1. The predicted octanol–water partition coefficient (Wildman–Crippen LogP) is 15.3. The smallest absolute Gasteiger partial charge is 0.0546 e. The average Bonchev–Trinajstić information content (AvgIpc) is 3.26. The van der Waals surface area contributed by atoms with Gasteiger partial charge in [-0.3, -0.25) is 0 Å². The zero-order valence-corrected chi connectivity index (χ0v) is 30.3. The Bertz CT molecular complexity index is 2970. The summed E-state index contributed by atoms with van der Waals surface area (Å²) in [5, 5.41) is 7.45. The Kier molecular flexibility index (Phi) is 8.24. The second-order valence-electron chi connectivity index (χ2n) is 14.2. The van der Waals surface area contributed by atoms with Gasteiger partial charge in [0.15, 0.2) is 0 Å². The predicted molar refractivity (Wildman–Crippen MR) is 235 cm³/mol. The normalized spacial score (nSPS) is 11.3. The van der Waals surface area contributed by atoms with Gasteiger partial charge in [-0.2, -0.15) is 0 Å². The maximum atomic E-state index is 2.44. The van der Waals surface area contributed by atoms with Crippen LogP contribution in [0.2, 0.25) is 0 Å². The molecule has 0 aromatic heterocycles. The lowest BCUT2D eigenvalue weighted by molar-refractivity contribution is 1.28. The Morgan fingerprint density at radius 3 is 1.49 bits per heavy atom. The molecule has 0 heterocycles. The van der Waals surface area contributed by atoms with Crippen molar-refractivity contribution < 1.29 is 0 Å². The van der Waals surface area contributed by atoms with Crippen LogP contribution in [-0.4, -0.2) is 0 Å². The van der Waals surface area contributed by atoms with Gasteiger partial charge in [0.05, 0.1) is 5.69 Å². The molecule has 258 valence electrons. The first-order chi connectivity index (χ1) is 27.2. The lowest BCUT2D eigenvalue weighted by Gasteiger charge is -2.29. The lowest BCUT2D eigenvalue weighted by atomic mass is 9.94. The molecule has 0 fully saturated rings. The highest BCUT2D eigenvalue weighted by molar-refractivity contribution is 5.99. The van der Waals surface area contributed by atoms with Crippen LogP contribution in [0.3, 0.4) is 0 Å². The van der Waals surface area contributed by atoms with Crippen molar-refractivity contribution in [3.8, 4) is 44.5 Å². The fourth-order valence-corrected chi connectivity index (χ4v) is 8.02. The van der Waals surface area contributed by atoms with E-state index < -0.39 is 0 Å². The third kappa shape index (κ3) is 6.22. The Morgan fingerprint density at radius 1 is 0.236 bits per heavy atom. The van der Waals surface area contributed by atoms with Crippen molar-refractivity contribution in [1.29, 1.82) is 0 Å². The van der Waals surface area contributed by atoms with Crippen LogP contribution in [0.25, 0.3) is 76.8 Å².